The van der Waals surface area contributed by atoms with Crippen LogP contribution >= 0.6 is 0 Å². The third kappa shape index (κ3) is 1.69. The fourth-order valence-corrected chi connectivity index (χ4v) is 1.72. The lowest BCUT2D eigenvalue weighted by Gasteiger charge is -2.11. The summed E-state index contributed by atoms with van der Waals surface area (Å²) in [4.78, 5) is 0. The third-order valence-electron chi connectivity index (χ3n) is 2.57. The molecule has 0 radical (unpaired) electrons. The van der Waals surface area contributed by atoms with Gasteiger partial charge in [0.25, 0.3) is 0 Å². The van der Waals surface area contributed by atoms with Crippen molar-refractivity contribution < 1.29 is 9.15 Å². The van der Waals surface area contributed by atoms with Gasteiger partial charge in [0.15, 0.2) is 5.75 Å². The molecular formula is C11H15N3O2. The zero-order valence-corrected chi connectivity index (χ0v) is 9.60. The molecule has 0 bridgehead atoms. The standard InChI is InChI=1S/C11H15N3O2/c1-7-4-8(6-16-7)10(12)11-9(15-3)5-13-14(11)2/h4-6,10H,12H2,1-3H3. The van der Waals surface area contributed by atoms with E-state index in [1.165, 1.54) is 0 Å². The minimum absolute atomic E-state index is 0.292. The first-order valence-corrected chi connectivity index (χ1v) is 5.00. The van der Waals surface area contributed by atoms with Crippen molar-refractivity contribution in [3.05, 3.63) is 35.5 Å². The second-order valence-corrected chi connectivity index (χ2v) is 3.69. The van der Waals surface area contributed by atoms with Gasteiger partial charge < -0.3 is 14.9 Å². The van der Waals surface area contributed by atoms with Gasteiger partial charge in [0.1, 0.15) is 11.5 Å². The molecule has 1 atom stereocenters. The van der Waals surface area contributed by atoms with Gasteiger partial charge in [-0.2, -0.15) is 5.10 Å². The molecule has 86 valence electrons. The molecule has 0 aliphatic heterocycles. The lowest BCUT2D eigenvalue weighted by atomic mass is 10.1. The fourth-order valence-electron chi connectivity index (χ4n) is 1.72. The molecule has 0 aliphatic carbocycles. The predicted octanol–water partition coefficient (Wildman–Crippen LogP) is 1.38. The summed E-state index contributed by atoms with van der Waals surface area (Å²) in [5.74, 6) is 1.53. The quantitative estimate of drug-likeness (QED) is 0.850. The summed E-state index contributed by atoms with van der Waals surface area (Å²) in [6, 6.07) is 1.62. The number of aryl methyl sites for hydroxylation is 2. The van der Waals surface area contributed by atoms with Crippen LogP contribution < -0.4 is 10.5 Å². The summed E-state index contributed by atoms with van der Waals surface area (Å²) in [5.41, 5.74) is 7.90. The van der Waals surface area contributed by atoms with Gasteiger partial charge in [-0.15, -0.1) is 0 Å². The van der Waals surface area contributed by atoms with Crippen molar-refractivity contribution >= 4 is 0 Å². The van der Waals surface area contributed by atoms with Crippen molar-refractivity contribution in [2.24, 2.45) is 12.8 Å². The zero-order chi connectivity index (χ0) is 11.7. The average molecular weight is 221 g/mol. The topological polar surface area (TPSA) is 66.2 Å². The summed E-state index contributed by atoms with van der Waals surface area (Å²) in [7, 11) is 3.44. The molecule has 2 aromatic rings. The normalized spacial score (nSPS) is 12.8. The monoisotopic (exact) mass is 221 g/mol. The van der Waals surface area contributed by atoms with Crippen LogP contribution in [0.3, 0.4) is 0 Å². The highest BCUT2D eigenvalue weighted by Gasteiger charge is 2.20. The van der Waals surface area contributed by atoms with E-state index in [9.17, 15) is 0 Å². The Hall–Kier alpha value is -1.75. The van der Waals surface area contributed by atoms with E-state index in [0.717, 1.165) is 17.0 Å². The van der Waals surface area contributed by atoms with Gasteiger partial charge in [-0.25, -0.2) is 0 Å². The van der Waals surface area contributed by atoms with E-state index in [1.54, 1.807) is 24.3 Å². The molecule has 1 unspecified atom stereocenters. The number of nitrogens with zero attached hydrogens (tertiary/aromatic N) is 2. The molecule has 5 heteroatoms. The first-order chi connectivity index (χ1) is 7.63. The fraction of sp³-hybridized carbons (Fsp3) is 0.364. The largest absolute Gasteiger partial charge is 0.493 e. The number of hydrogen-bond donors (Lipinski definition) is 1. The van der Waals surface area contributed by atoms with Crippen molar-refractivity contribution in [2.45, 2.75) is 13.0 Å². The molecular weight excluding hydrogens is 206 g/mol. The molecule has 2 N–H and O–H groups in total. The number of ether oxygens (including phenoxy) is 1. The third-order valence-corrected chi connectivity index (χ3v) is 2.57. The van der Waals surface area contributed by atoms with Gasteiger partial charge in [0.2, 0.25) is 0 Å². The van der Waals surface area contributed by atoms with E-state index in [1.807, 2.05) is 20.0 Å². The minimum Gasteiger partial charge on any atom is -0.493 e. The van der Waals surface area contributed by atoms with Crippen LogP contribution in [0.2, 0.25) is 0 Å². The Labute approximate surface area is 93.8 Å². The van der Waals surface area contributed by atoms with Crippen LogP contribution in [0.5, 0.6) is 5.75 Å². The molecule has 2 heterocycles. The maximum atomic E-state index is 6.15. The first kappa shape index (κ1) is 10.8. The highest BCUT2D eigenvalue weighted by molar-refractivity contribution is 5.35. The van der Waals surface area contributed by atoms with Crippen molar-refractivity contribution in [3.63, 3.8) is 0 Å². The Balaban J connectivity index is 2.40. The molecule has 0 spiro atoms. The van der Waals surface area contributed by atoms with E-state index in [0.29, 0.717) is 5.75 Å². The van der Waals surface area contributed by atoms with Crippen LogP contribution in [0.1, 0.15) is 23.1 Å². The van der Waals surface area contributed by atoms with E-state index in [2.05, 4.69) is 5.10 Å². The maximum Gasteiger partial charge on any atom is 0.161 e. The molecule has 0 amide bonds. The molecule has 0 aliphatic rings. The van der Waals surface area contributed by atoms with Gasteiger partial charge in [0.05, 0.1) is 25.6 Å². The second kappa shape index (κ2) is 4.02. The van der Waals surface area contributed by atoms with Crippen molar-refractivity contribution in [2.75, 3.05) is 7.11 Å². The Morgan fingerprint density at radius 2 is 2.31 bits per heavy atom. The first-order valence-electron chi connectivity index (χ1n) is 5.00. The van der Waals surface area contributed by atoms with Crippen LogP contribution in [0, 0.1) is 6.92 Å². The van der Waals surface area contributed by atoms with E-state index >= 15 is 0 Å². The predicted molar refractivity (Wildman–Crippen MR) is 59.2 cm³/mol. The zero-order valence-electron chi connectivity index (χ0n) is 9.60. The Kier molecular flexibility index (Phi) is 2.70. The molecule has 2 aromatic heterocycles. The smallest absolute Gasteiger partial charge is 0.161 e. The number of furan rings is 1. The van der Waals surface area contributed by atoms with Gasteiger partial charge >= 0.3 is 0 Å². The molecule has 0 aromatic carbocycles. The van der Waals surface area contributed by atoms with Gasteiger partial charge in [-0.3, -0.25) is 4.68 Å². The van der Waals surface area contributed by atoms with Crippen LogP contribution in [0.15, 0.2) is 22.9 Å². The van der Waals surface area contributed by atoms with Crippen LogP contribution in [-0.2, 0) is 7.05 Å². The minimum atomic E-state index is -0.292. The van der Waals surface area contributed by atoms with Crippen molar-refractivity contribution in [3.8, 4) is 5.75 Å². The van der Waals surface area contributed by atoms with Crippen LogP contribution in [0.25, 0.3) is 0 Å². The Bertz CT molecular complexity index is 487. The molecule has 0 saturated carbocycles. The summed E-state index contributed by atoms with van der Waals surface area (Å²) in [5, 5.41) is 4.12. The lowest BCUT2D eigenvalue weighted by molar-refractivity contribution is 0.405. The molecule has 0 saturated heterocycles. The number of nitrogens with two attached hydrogens (primary N) is 1. The van der Waals surface area contributed by atoms with Crippen molar-refractivity contribution in [1.82, 2.24) is 9.78 Å². The van der Waals surface area contributed by atoms with Crippen LogP contribution in [0.4, 0.5) is 0 Å². The van der Waals surface area contributed by atoms with Gasteiger partial charge in [-0.1, -0.05) is 0 Å². The summed E-state index contributed by atoms with van der Waals surface area (Å²) >= 11 is 0. The molecule has 16 heavy (non-hydrogen) atoms. The molecule has 5 nitrogen and oxygen atoms in total. The van der Waals surface area contributed by atoms with E-state index in [-0.39, 0.29) is 6.04 Å². The summed E-state index contributed by atoms with van der Waals surface area (Å²) < 4.78 is 12.2. The van der Waals surface area contributed by atoms with Crippen LogP contribution in [-0.4, -0.2) is 16.9 Å². The molecule has 0 fully saturated rings. The SMILES string of the molecule is COc1cnn(C)c1C(N)c1coc(C)c1. The number of methoxy groups -OCH3 is 1. The number of aromatic nitrogens is 2. The Morgan fingerprint density at radius 1 is 1.56 bits per heavy atom. The summed E-state index contributed by atoms with van der Waals surface area (Å²) in [6.07, 6.45) is 3.31. The van der Waals surface area contributed by atoms with Gasteiger partial charge in [-0.05, 0) is 13.0 Å². The Morgan fingerprint density at radius 3 is 2.88 bits per heavy atom. The highest BCUT2D eigenvalue weighted by atomic mass is 16.5. The average Bonchev–Trinajstić information content (AvgIpc) is 2.83. The highest BCUT2D eigenvalue weighted by Crippen LogP contribution is 2.28. The van der Waals surface area contributed by atoms with Crippen molar-refractivity contribution in [1.29, 1.82) is 0 Å². The molecule has 2 rings (SSSR count). The number of rotatable bonds is 3. The van der Waals surface area contributed by atoms with E-state index in [4.69, 9.17) is 14.9 Å². The number of hydrogen-bond acceptors (Lipinski definition) is 4. The van der Waals surface area contributed by atoms with Gasteiger partial charge in [0, 0.05) is 12.6 Å². The lowest BCUT2D eigenvalue weighted by Crippen LogP contribution is -2.16. The second-order valence-electron chi connectivity index (χ2n) is 3.69. The van der Waals surface area contributed by atoms with E-state index < -0.39 is 0 Å². The maximum absolute atomic E-state index is 6.15. The summed E-state index contributed by atoms with van der Waals surface area (Å²) in [6.45, 7) is 1.89.